The van der Waals surface area contributed by atoms with Gasteiger partial charge in [-0.3, -0.25) is 4.79 Å². The van der Waals surface area contributed by atoms with Gasteiger partial charge < -0.3 is 23.7 Å². The van der Waals surface area contributed by atoms with Crippen molar-refractivity contribution in [2.24, 2.45) is 0 Å². The Morgan fingerprint density at radius 1 is 0.583 bits per heavy atom. The summed E-state index contributed by atoms with van der Waals surface area (Å²) in [7, 11) is 0. The van der Waals surface area contributed by atoms with Crippen LogP contribution in [0.3, 0.4) is 0 Å². The fraction of sp³-hybridized carbons (Fsp3) is 0.944. The Hall–Kier alpha value is -0.690. The fourth-order valence-corrected chi connectivity index (χ4v) is 1.74. The maximum absolute atomic E-state index is 11.5. The first-order valence-corrected chi connectivity index (χ1v) is 9.27. The van der Waals surface area contributed by atoms with E-state index in [2.05, 4.69) is 13.8 Å². The standard InChI is InChI=1S/C18H36O6/c1-3-5-9-20-12-13-22-11-7-8-18(19)24-17-16-23-15-14-21-10-6-4-2/h3-17H2,1-2H3. The third-order valence-corrected chi connectivity index (χ3v) is 3.19. The lowest BCUT2D eigenvalue weighted by Crippen LogP contribution is -2.13. The molecule has 0 aromatic rings. The second-order valence-corrected chi connectivity index (χ2v) is 5.48. The molecule has 0 unspecified atom stereocenters. The van der Waals surface area contributed by atoms with Crippen LogP contribution in [-0.4, -0.2) is 65.4 Å². The van der Waals surface area contributed by atoms with Gasteiger partial charge in [-0.2, -0.15) is 0 Å². The molecule has 0 rings (SSSR count). The molecule has 24 heavy (non-hydrogen) atoms. The van der Waals surface area contributed by atoms with E-state index in [1.165, 1.54) is 0 Å². The van der Waals surface area contributed by atoms with Gasteiger partial charge in [-0.25, -0.2) is 0 Å². The molecule has 0 fully saturated rings. The first kappa shape index (κ1) is 23.3. The second kappa shape index (κ2) is 20.4. The van der Waals surface area contributed by atoms with Crippen LogP contribution in [0.2, 0.25) is 0 Å². The van der Waals surface area contributed by atoms with Crippen molar-refractivity contribution in [3.05, 3.63) is 0 Å². The summed E-state index contributed by atoms with van der Waals surface area (Å²) >= 11 is 0. The molecular formula is C18H36O6. The van der Waals surface area contributed by atoms with Crippen molar-refractivity contribution in [2.75, 3.05) is 59.5 Å². The Morgan fingerprint density at radius 2 is 1.00 bits per heavy atom. The highest BCUT2D eigenvalue weighted by atomic mass is 16.6. The molecule has 0 aliphatic rings. The zero-order chi connectivity index (χ0) is 17.7. The predicted octanol–water partition coefficient (Wildman–Crippen LogP) is 2.98. The van der Waals surface area contributed by atoms with Crippen LogP contribution in [-0.2, 0) is 28.5 Å². The normalized spacial score (nSPS) is 10.9. The number of carbonyl (C=O) groups excluding carboxylic acids is 1. The van der Waals surface area contributed by atoms with Crippen molar-refractivity contribution in [3.8, 4) is 0 Å². The predicted molar refractivity (Wildman–Crippen MR) is 93.3 cm³/mol. The Balaban J connectivity index is 3.13. The average molecular weight is 348 g/mol. The van der Waals surface area contributed by atoms with E-state index in [9.17, 15) is 4.79 Å². The molecule has 0 radical (unpaired) electrons. The van der Waals surface area contributed by atoms with Gasteiger partial charge in [0.05, 0.1) is 33.0 Å². The molecule has 0 saturated heterocycles. The minimum Gasteiger partial charge on any atom is -0.463 e. The largest absolute Gasteiger partial charge is 0.463 e. The Morgan fingerprint density at radius 3 is 1.50 bits per heavy atom. The van der Waals surface area contributed by atoms with Gasteiger partial charge >= 0.3 is 5.97 Å². The van der Waals surface area contributed by atoms with Gasteiger partial charge in [0.25, 0.3) is 0 Å². The van der Waals surface area contributed by atoms with Gasteiger partial charge in [0.2, 0.25) is 0 Å². The maximum Gasteiger partial charge on any atom is 0.305 e. The molecule has 0 bridgehead atoms. The van der Waals surface area contributed by atoms with Crippen molar-refractivity contribution in [3.63, 3.8) is 0 Å². The van der Waals surface area contributed by atoms with Crippen molar-refractivity contribution in [2.45, 2.75) is 52.4 Å². The number of unbranched alkanes of at least 4 members (excludes halogenated alkanes) is 2. The molecular weight excluding hydrogens is 312 g/mol. The lowest BCUT2D eigenvalue weighted by molar-refractivity contribution is -0.145. The Bertz CT molecular complexity index is 236. The summed E-state index contributed by atoms with van der Waals surface area (Å²) < 4.78 is 26.5. The monoisotopic (exact) mass is 348 g/mol. The molecule has 0 aliphatic heterocycles. The molecule has 6 heteroatoms. The summed E-state index contributed by atoms with van der Waals surface area (Å²) in [6, 6.07) is 0. The van der Waals surface area contributed by atoms with Crippen molar-refractivity contribution < 1.29 is 28.5 Å². The highest BCUT2D eigenvalue weighted by molar-refractivity contribution is 5.69. The van der Waals surface area contributed by atoms with Crippen LogP contribution < -0.4 is 0 Å². The topological polar surface area (TPSA) is 63.2 Å². The molecule has 6 nitrogen and oxygen atoms in total. The molecule has 0 atom stereocenters. The van der Waals surface area contributed by atoms with Gasteiger partial charge in [-0.1, -0.05) is 26.7 Å². The summed E-state index contributed by atoms with van der Waals surface area (Å²) in [6.45, 7) is 9.41. The lowest BCUT2D eigenvalue weighted by atomic mass is 10.3. The molecule has 0 spiro atoms. The van der Waals surface area contributed by atoms with E-state index in [-0.39, 0.29) is 5.97 Å². The summed E-state index contributed by atoms with van der Waals surface area (Å²) in [5.41, 5.74) is 0. The number of rotatable bonds is 19. The van der Waals surface area contributed by atoms with E-state index in [0.717, 1.165) is 38.9 Å². The average Bonchev–Trinajstić information content (AvgIpc) is 2.59. The third-order valence-electron chi connectivity index (χ3n) is 3.19. The van der Waals surface area contributed by atoms with Crippen molar-refractivity contribution in [1.29, 1.82) is 0 Å². The molecule has 0 aromatic heterocycles. The fourth-order valence-electron chi connectivity index (χ4n) is 1.74. The number of esters is 1. The zero-order valence-electron chi connectivity index (χ0n) is 15.6. The first-order chi connectivity index (χ1) is 11.8. The van der Waals surface area contributed by atoms with Crippen LogP contribution in [0.1, 0.15) is 52.4 Å². The Labute approximate surface area is 147 Å². The van der Waals surface area contributed by atoms with Gasteiger partial charge in [0.15, 0.2) is 0 Å². The highest BCUT2D eigenvalue weighted by Gasteiger charge is 2.02. The number of ether oxygens (including phenoxy) is 5. The summed E-state index contributed by atoms with van der Waals surface area (Å²) in [5, 5.41) is 0. The molecule has 0 amide bonds. The number of carbonyl (C=O) groups is 1. The molecule has 144 valence electrons. The highest BCUT2D eigenvalue weighted by Crippen LogP contribution is 1.95. The first-order valence-electron chi connectivity index (χ1n) is 9.27. The second-order valence-electron chi connectivity index (χ2n) is 5.48. The number of hydrogen-bond donors (Lipinski definition) is 0. The summed E-state index contributed by atoms with van der Waals surface area (Å²) in [5.74, 6) is -0.208. The van der Waals surface area contributed by atoms with Crippen molar-refractivity contribution in [1.82, 2.24) is 0 Å². The minimum atomic E-state index is -0.208. The zero-order valence-corrected chi connectivity index (χ0v) is 15.6. The van der Waals surface area contributed by atoms with E-state index in [1.807, 2.05) is 0 Å². The Kier molecular flexibility index (Phi) is 19.8. The van der Waals surface area contributed by atoms with Crippen LogP contribution in [0.25, 0.3) is 0 Å². The van der Waals surface area contributed by atoms with Crippen LogP contribution in [0.5, 0.6) is 0 Å². The quantitative estimate of drug-likeness (QED) is 0.264. The van der Waals surface area contributed by atoms with Crippen molar-refractivity contribution >= 4 is 5.97 Å². The van der Waals surface area contributed by atoms with Gasteiger partial charge in [0, 0.05) is 26.2 Å². The summed E-state index contributed by atoms with van der Waals surface area (Å²) in [4.78, 5) is 11.5. The lowest BCUT2D eigenvalue weighted by Gasteiger charge is -2.07. The van der Waals surface area contributed by atoms with Crippen LogP contribution >= 0.6 is 0 Å². The molecule has 0 aliphatic carbocycles. The molecule has 0 N–H and O–H groups in total. The molecule has 0 aromatic carbocycles. The number of hydrogen-bond acceptors (Lipinski definition) is 6. The minimum absolute atomic E-state index is 0.208. The molecule has 0 saturated carbocycles. The van der Waals surface area contributed by atoms with E-state index < -0.39 is 0 Å². The van der Waals surface area contributed by atoms with Gasteiger partial charge in [-0.05, 0) is 19.3 Å². The smallest absolute Gasteiger partial charge is 0.305 e. The van der Waals surface area contributed by atoms with Gasteiger partial charge in [-0.15, -0.1) is 0 Å². The van der Waals surface area contributed by atoms with E-state index in [0.29, 0.717) is 59.1 Å². The SMILES string of the molecule is CCCCOCCOCCCC(=O)OCCOCCOCCCC. The third kappa shape index (κ3) is 19.4. The van der Waals surface area contributed by atoms with Crippen LogP contribution in [0.15, 0.2) is 0 Å². The summed E-state index contributed by atoms with van der Waals surface area (Å²) in [6.07, 6.45) is 5.47. The van der Waals surface area contributed by atoms with E-state index >= 15 is 0 Å². The van der Waals surface area contributed by atoms with Crippen LogP contribution in [0, 0.1) is 0 Å². The maximum atomic E-state index is 11.5. The van der Waals surface area contributed by atoms with E-state index in [1.54, 1.807) is 0 Å². The van der Waals surface area contributed by atoms with Gasteiger partial charge in [0.1, 0.15) is 6.61 Å². The van der Waals surface area contributed by atoms with Crippen LogP contribution in [0.4, 0.5) is 0 Å². The van der Waals surface area contributed by atoms with E-state index in [4.69, 9.17) is 23.7 Å². The molecule has 0 heterocycles.